The average Bonchev–Trinajstić information content (AvgIpc) is 2.46. The minimum absolute atomic E-state index is 0.421. The van der Waals surface area contributed by atoms with E-state index >= 15 is 0 Å². The number of nitrogens with two attached hydrogens (primary N) is 1. The van der Waals surface area contributed by atoms with Gasteiger partial charge >= 0.3 is 0 Å². The van der Waals surface area contributed by atoms with Crippen LogP contribution in [0.3, 0.4) is 0 Å². The summed E-state index contributed by atoms with van der Waals surface area (Å²) in [6.45, 7) is 3.84. The highest BCUT2D eigenvalue weighted by atomic mass is 32.1. The topological polar surface area (TPSA) is 42.2 Å². The summed E-state index contributed by atoms with van der Waals surface area (Å²) in [6.07, 6.45) is 2.86. The summed E-state index contributed by atoms with van der Waals surface area (Å²) in [5, 5.41) is 0. The van der Waals surface area contributed by atoms with E-state index in [9.17, 15) is 0 Å². The molecule has 0 atom stereocenters. The minimum Gasteiger partial charge on any atom is -0.389 e. The smallest absolute Gasteiger partial charge is 0.139 e. The number of pyridine rings is 1. The lowest BCUT2D eigenvalue weighted by molar-refractivity contribution is 0.720. The van der Waals surface area contributed by atoms with Crippen LogP contribution in [0.5, 0.6) is 0 Å². The normalized spacial score (nSPS) is 13.9. The maximum absolute atomic E-state index is 5.88. The molecule has 1 aromatic carbocycles. The fraction of sp³-hybridized carbons (Fsp3) is 0.250. The van der Waals surface area contributed by atoms with Crippen molar-refractivity contribution in [2.45, 2.75) is 19.9 Å². The molecule has 0 fully saturated rings. The fourth-order valence-electron chi connectivity index (χ4n) is 2.76. The summed E-state index contributed by atoms with van der Waals surface area (Å²) in [5.41, 5.74) is 10.7. The first-order chi connectivity index (χ1) is 9.66. The van der Waals surface area contributed by atoms with E-state index in [2.05, 4.69) is 34.1 Å². The number of hydrogen-bond donors (Lipinski definition) is 1. The van der Waals surface area contributed by atoms with Crippen molar-refractivity contribution in [3.63, 3.8) is 0 Å². The van der Waals surface area contributed by atoms with Gasteiger partial charge in [0.15, 0.2) is 0 Å². The molecular formula is C16H17N3S. The second-order valence-electron chi connectivity index (χ2n) is 5.13. The Kier molecular flexibility index (Phi) is 3.40. The van der Waals surface area contributed by atoms with E-state index in [1.807, 2.05) is 19.2 Å². The minimum atomic E-state index is 0.421. The van der Waals surface area contributed by atoms with Crippen LogP contribution in [0.15, 0.2) is 36.5 Å². The molecule has 20 heavy (non-hydrogen) atoms. The molecule has 0 aliphatic carbocycles. The SMILES string of the molecule is Cc1ccnc(N2CCc3ccccc3C2)c1C(N)=S. The van der Waals surface area contributed by atoms with E-state index in [-0.39, 0.29) is 0 Å². The molecule has 0 spiro atoms. The predicted molar refractivity (Wildman–Crippen MR) is 86.1 cm³/mol. The lowest BCUT2D eigenvalue weighted by Crippen LogP contribution is -2.33. The number of aryl methyl sites for hydroxylation is 1. The van der Waals surface area contributed by atoms with Gasteiger partial charge in [0.25, 0.3) is 0 Å². The van der Waals surface area contributed by atoms with Gasteiger partial charge in [-0.2, -0.15) is 0 Å². The van der Waals surface area contributed by atoms with E-state index in [0.717, 1.165) is 36.5 Å². The first kappa shape index (κ1) is 13.1. The van der Waals surface area contributed by atoms with Gasteiger partial charge in [-0.15, -0.1) is 0 Å². The lowest BCUT2D eigenvalue weighted by Gasteiger charge is -2.31. The van der Waals surface area contributed by atoms with Crippen LogP contribution in [0.4, 0.5) is 5.82 Å². The molecule has 102 valence electrons. The molecule has 0 radical (unpaired) electrons. The third kappa shape index (κ3) is 2.27. The molecule has 0 saturated heterocycles. The summed E-state index contributed by atoms with van der Waals surface area (Å²) in [6, 6.07) is 10.5. The number of fused-ring (bicyclic) bond motifs is 1. The Bertz CT molecular complexity index is 667. The highest BCUT2D eigenvalue weighted by molar-refractivity contribution is 7.80. The molecule has 0 unspecified atom stereocenters. The second kappa shape index (κ2) is 5.21. The van der Waals surface area contributed by atoms with Gasteiger partial charge in [0.2, 0.25) is 0 Å². The molecule has 3 rings (SSSR count). The van der Waals surface area contributed by atoms with Crippen molar-refractivity contribution >= 4 is 23.0 Å². The van der Waals surface area contributed by atoms with E-state index in [1.54, 1.807) is 0 Å². The van der Waals surface area contributed by atoms with Crippen LogP contribution < -0.4 is 10.6 Å². The van der Waals surface area contributed by atoms with Crippen LogP contribution in [0.1, 0.15) is 22.3 Å². The molecule has 0 bridgehead atoms. The Hall–Kier alpha value is -1.94. The van der Waals surface area contributed by atoms with Crippen molar-refractivity contribution in [3.05, 3.63) is 58.8 Å². The largest absolute Gasteiger partial charge is 0.389 e. The van der Waals surface area contributed by atoms with Crippen LogP contribution in [0.25, 0.3) is 0 Å². The van der Waals surface area contributed by atoms with E-state index in [1.165, 1.54) is 11.1 Å². The Morgan fingerprint density at radius 1 is 1.25 bits per heavy atom. The Morgan fingerprint density at radius 3 is 2.75 bits per heavy atom. The second-order valence-corrected chi connectivity index (χ2v) is 5.57. The number of thiocarbonyl (C=S) groups is 1. The number of aromatic nitrogens is 1. The Labute approximate surface area is 124 Å². The number of rotatable bonds is 2. The van der Waals surface area contributed by atoms with Crippen LogP contribution in [-0.4, -0.2) is 16.5 Å². The predicted octanol–water partition coefficient (Wildman–Crippen LogP) is 2.59. The van der Waals surface area contributed by atoms with Gasteiger partial charge in [-0.3, -0.25) is 0 Å². The Balaban J connectivity index is 2.00. The monoisotopic (exact) mass is 283 g/mol. The van der Waals surface area contributed by atoms with Gasteiger partial charge in [-0.1, -0.05) is 36.5 Å². The zero-order chi connectivity index (χ0) is 14.1. The van der Waals surface area contributed by atoms with Gasteiger partial charge in [-0.05, 0) is 36.1 Å². The van der Waals surface area contributed by atoms with Gasteiger partial charge < -0.3 is 10.6 Å². The van der Waals surface area contributed by atoms with Crippen LogP contribution in [0, 0.1) is 6.92 Å². The van der Waals surface area contributed by atoms with E-state index in [4.69, 9.17) is 18.0 Å². The summed E-state index contributed by atoms with van der Waals surface area (Å²) < 4.78 is 0. The van der Waals surface area contributed by atoms with Crippen molar-refractivity contribution in [3.8, 4) is 0 Å². The van der Waals surface area contributed by atoms with Crippen molar-refractivity contribution in [1.82, 2.24) is 4.98 Å². The molecule has 1 aliphatic heterocycles. The third-order valence-electron chi connectivity index (χ3n) is 3.82. The van der Waals surface area contributed by atoms with E-state index in [0.29, 0.717) is 4.99 Å². The van der Waals surface area contributed by atoms with Gasteiger partial charge in [0.1, 0.15) is 10.8 Å². The zero-order valence-corrected chi connectivity index (χ0v) is 12.3. The third-order valence-corrected chi connectivity index (χ3v) is 4.02. The molecule has 2 N–H and O–H groups in total. The van der Waals surface area contributed by atoms with Gasteiger partial charge in [0.05, 0.1) is 5.56 Å². The maximum Gasteiger partial charge on any atom is 0.139 e. The quantitative estimate of drug-likeness (QED) is 0.860. The first-order valence-corrected chi connectivity index (χ1v) is 7.15. The molecule has 2 heterocycles. The summed E-state index contributed by atoms with van der Waals surface area (Å²) >= 11 is 5.20. The van der Waals surface area contributed by atoms with Crippen molar-refractivity contribution in [2.75, 3.05) is 11.4 Å². The van der Waals surface area contributed by atoms with E-state index < -0.39 is 0 Å². The van der Waals surface area contributed by atoms with Crippen molar-refractivity contribution in [1.29, 1.82) is 0 Å². The van der Waals surface area contributed by atoms with Crippen LogP contribution in [-0.2, 0) is 13.0 Å². The molecule has 1 aromatic heterocycles. The van der Waals surface area contributed by atoms with Gasteiger partial charge in [0, 0.05) is 19.3 Å². The van der Waals surface area contributed by atoms with Crippen molar-refractivity contribution < 1.29 is 0 Å². The first-order valence-electron chi connectivity index (χ1n) is 6.74. The number of anilines is 1. The highest BCUT2D eigenvalue weighted by Crippen LogP contribution is 2.27. The number of benzene rings is 1. The summed E-state index contributed by atoms with van der Waals surface area (Å²) in [7, 11) is 0. The molecule has 0 amide bonds. The molecule has 2 aromatic rings. The lowest BCUT2D eigenvalue weighted by atomic mass is 9.99. The average molecular weight is 283 g/mol. The molecule has 1 aliphatic rings. The number of nitrogens with zero attached hydrogens (tertiary/aromatic N) is 2. The fourth-order valence-corrected chi connectivity index (χ4v) is 3.02. The van der Waals surface area contributed by atoms with Gasteiger partial charge in [-0.25, -0.2) is 4.98 Å². The Morgan fingerprint density at radius 2 is 2.00 bits per heavy atom. The maximum atomic E-state index is 5.88. The summed E-state index contributed by atoms with van der Waals surface area (Å²) in [5.74, 6) is 0.909. The van der Waals surface area contributed by atoms with Crippen LogP contribution in [0.2, 0.25) is 0 Å². The molecule has 3 nitrogen and oxygen atoms in total. The summed E-state index contributed by atoms with van der Waals surface area (Å²) in [4.78, 5) is 7.20. The number of hydrogen-bond acceptors (Lipinski definition) is 3. The highest BCUT2D eigenvalue weighted by Gasteiger charge is 2.21. The molecule has 0 saturated carbocycles. The molecule has 4 heteroatoms. The standard InChI is InChI=1S/C16H17N3S/c1-11-6-8-18-16(14(11)15(17)20)19-9-7-12-4-2-3-5-13(12)10-19/h2-6,8H,7,9-10H2,1H3,(H2,17,20). The molecular weight excluding hydrogens is 266 g/mol. The van der Waals surface area contributed by atoms with Crippen molar-refractivity contribution in [2.24, 2.45) is 5.73 Å². The zero-order valence-electron chi connectivity index (χ0n) is 11.5. The van der Waals surface area contributed by atoms with Crippen LogP contribution >= 0.6 is 12.2 Å².